The fraction of sp³-hybridized carbons (Fsp3) is 0.917. The molecular weight excluding hydrogens is 202 g/mol. The lowest BCUT2D eigenvalue weighted by Gasteiger charge is -2.37. The van der Waals surface area contributed by atoms with E-state index in [1.165, 1.54) is 19.3 Å². The molecule has 0 spiro atoms. The number of hydrogen-bond acceptors (Lipinski definition) is 3. The van der Waals surface area contributed by atoms with Crippen molar-refractivity contribution in [2.24, 2.45) is 0 Å². The molecule has 0 aromatic heterocycles. The summed E-state index contributed by atoms with van der Waals surface area (Å²) in [6.45, 7) is 7.86. The van der Waals surface area contributed by atoms with Gasteiger partial charge in [0, 0.05) is 25.7 Å². The SMILES string of the molecule is CCN(CC(=O)N1CCC1)C1CCCNC1. The summed E-state index contributed by atoms with van der Waals surface area (Å²) in [7, 11) is 0. The number of likely N-dealkylation sites (tertiary alicyclic amines) is 1. The molecule has 1 N–H and O–H groups in total. The third kappa shape index (κ3) is 2.74. The highest BCUT2D eigenvalue weighted by Crippen LogP contribution is 2.12. The molecule has 2 rings (SSSR count). The van der Waals surface area contributed by atoms with E-state index in [2.05, 4.69) is 17.1 Å². The van der Waals surface area contributed by atoms with Crippen LogP contribution in [0.4, 0.5) is 0 Å². The summed E-state index contributed by atoms with van der Waals surface area (Å²) >= 11 is 0. The van der Waals surface area contributed by atoms with Crippen LogP contribution in [0.25, 0.3) is 0 Å². The van der Waals surface area contributed by atoms with E-state index >= 15 is 0 Å². The molecule has 4 nitrogen and oxygen atoms in total. The quantitative estimate of drug-likeness (QED) is 0.747. The van der Waals surface area contributed by atoms with Gasteiger partial charge in [-0.25, -0.2) is 0 Å². The Morgan fingerprint density at radius 2 is 2.25 bits per heavy atom. The molecule has 1 amide bonds. The Labute approximate surface area is 98.0 Å². The van der Waals surface area contributed by atoms with Gasteiger partial charge in [-0.1, -0.05) is 6.92 Å². The average Bonchev–Trinajstić information content (AvgIpc) is 2.24. The van der Waals surface area contributed by atoms with Crippen LogP contribution >= 0.6 is 0 Å². The Balaban J connectivity index is 1.81. The van der Waals surface area contributed by atoms with Gasteiger partial charge in [0.2, 0.25) is 5.91 Å². The Bertz CT molecular complexity index is 234. The lowest BCUT2D eigenvalue weighted by Crippen LogP contribution is -2.52. The number of nitrogens with one attached hydrogen (secondary N) is 1. The van der Waals surface area contributed by atoms with Crippen molar-refractivity contribution in [3.63, 3.8) is 0 Å². The number of likely N-dealkylation sites (N-methyl/N-ethyl adjacent to an activating group) is 1. The van der Waals surface area contributed by atoms with E-state index in [0.29, 0.717) is 18.5 Å². The highest BCUT2D eigenvalue weighted by atomic mass is 16.2. The summed E-state index contributed by atoms with van der Waals surface area (Å²) in [6, 6.07) is 0.559. The molecule has 0 radical (unpaired) electrons. The summed E-state index contributed by atoms with van der Waals surface area (Å²) in [4.78, 5) is 16.2. The van der Waals surface area contributed by atoms with Crippen molar-refractivity contribution in [1.82, 2.24) is 15.1 Å². The Morgan fingerprint density at radius 1 is 1.44 bits per heavy atom. The van der Waals surface area contributed by atoms with Crippen LogP contribution in [-0.4, -0.2) is 61.0 Å². The molecule has 92 valence electrons. The van der Waals surface area contributed by atoms with Crippen molar-refractivity contribution in [2.75, 3.05) is 39.3 Å². The molecule has 1 unspecified atom stereocenters. The van der Waals surface area contributed by atoms with Crippen molar-refractivity contribution < 1.29 is 4.79 Å². The van der Waals surface area contributed by atoms with Gasteiger partial charge >= 0.3 is 0 Å². The van der Waals surface area contributed by atoms with Crippen LogP contribution in [-0.2, 0) is 4.79 Å². The molecule has 0 bridgehead atoms. The third-order valence-corrected chi connectivity index (χ3v) is 3.74. The van der Waals surface area contributed by atoms with Crippen LogP contribution in [0.2, 0.25) is 0 Å². The predicted molar refractivity (Wildman–Crippen MR) is 64.3 cm³/mol. The van der Waals surface area contributed by atoms with E-state index in [1.54, 1.807) is 0 Å². The molecule has 2 aliphatic rings. The van der Waals surface area contributed by atoms with Crippen molar-refractivity contribution >= 4 is 5.91 Å². The summed E-state index contributed by atoms with van der Waals surface area (Å²) in [5.74, 6) is 0.318. The first-order valence-electron chi connectivity index (χ1n) is 6.54. The largest absolute Gasteiger partial charge is 0.341 e. The van der Waals surface area contributed by atoms with E-state index in [0.717, 1.165) is 32.7 Å². The number of amides is 1. The van der Waals surface area contributed by atoms with E-state index in [-0.39, 0.29) is 0 Å². The van der Waals surface area contributed by atoms with Gasteiger partial charge < -0.3 is 10.2 Å². The highest BCUT2D eigenvalue weighted by molar-refractivity contribution is 5.78. The summed E-state index contributed by atoms with van der Waals surface area (Å²) in [5, 5.41) is 3.41. The standard InChI is InChI=1S/C12H23N3O/c1-2-14(11-5-3-6-13-9-11)10-12(16)15-7-4-8-15/h11,13H,2-10H2,1H3. The zero-order valence-corrected chi connectivity index (χ0v) is 10.2. The first kappa shape index (κ1) is 11.9. The topological polar surface area (TPSA) is 35.6 Å². The lowest BCUT2D eigenvalue weighted by molar-refractivity contribution is -0.136. The zero-order chi connectivity index (χ0) is 11.4. The summed E-state index contributed by atoms with van der Waals surface area (Å²) in [5.41, 5.74) is 0. The van der Waals surface area contributed by atoms with Crippen LogP contribution < -0.4 is 5.32 Å². The van der Waals surface area contributed by atoms with Gasteiger partial charge in [-0.05, 0) is 32.4 Å². The van der Waals surface area contributed by atoms with Crippen molar-refractivity contribution in [3.05, 3.63) is 0 Å². The second kappa shape index (κ2) is 5.64. The number of piperidine rings is 1. The fourth-order valence-electron chi connectivity index (χ4n) is 2.48. The van der Waals surface area contributed by atoms with Gasteiger partial charge in [0.1, 0.15) is 0 Å². The molecule has 0 aliphatic carbocycles. The molecule has 1 atom stereocenters. The smallest absolute Gasteiger partial charge is 0.236 e. The van der Waals surface area contributed by atoms with Crippen molar-refractivity contribution in [3.8, 4) is 0 Å². The molecule has 2 saturated heterocycles. The fourth-order valence-corrected chi connectivity index (χ4v) is 2.48. The molecule has 0 saturated carbocycles. The summed E-state index contributed by atoms with van der Waals surface area (Å²) < 4.78 is 0. The molecular formula is C12H23N3O. The van der Waals surface area contributed by atoms with Crippen LogP contribution in [0, 0.1) is 0 Å². The van der Waals surface area contributed by atoms with E-state index in [4.69, 9.17) is 0 Å². The number of carbonyl (C=O) groups is 1. The maximum Gasteiger partial charge on any atom is 0.236 e. The van der Waals surface area contributed by atoms with Gasteiger partial charge in [0.25, 0.3) is 0 Å². The van der Waals surface area contributed by atoms with Crippen LogP contribution in [0.5, 0.6) is 0 Å². The molecule has 2 fully saturated rings. The van der Waals surface area contributed by atoms with E-state index in [1.807, 2.05) is 4.90 Å². The molecule has 0 aromatic rings. The average molecular weight is 225 g/mol. The summed E-state index contributed by atoms with van der Waals surface area (Å²) in [6.07, 6.45) is 3.65. The van der Waals surface area contributed by atoms with Crippen molar-refractivity contribution in [1.29, 1.82) is 0 Å². The van der Waals surface area contributed by atoms with Gasteiger partial charge in [0.15, 0.2) is 0 Å². The zero-order valence-electron chi connectivity index (χ0n) is 10.2. The number of rotatable bonds is 4. The Hall–Kier alpha value is -0.610. The normalized spacial score (nSPS) is 25.6. The van der Waals surface area contributed by atoms with E-state index in [9.17, 15) is 4.79 Å². The second-order valence-electron chi connectivity index (χ2n) is 4.80. The van der Waals surface area contributed by atoms with Crippen LogP contribution in [0.1, 0.15) is 26.2 Å². The predicted octanol–water partition coefficient (Wildman–Crippen LogP) is 0.293. The van der Waals surface area contributed by atoms with Crippen LogP contribution in [0.3, 0.4) is 0 Å². The third-order valence-electron chi connectivity index (χ3n) is 3.74. The molecule has 16 heavy (non-hydrogen) atoms. The molecule has 4 heteroatoms. The minimum atomic E-state index is 0.318. The number of nitrogens with zero attached hydrogens (tertiary/aromatic N) is 2. The molecule has 2 heterocycles. The Morgan fingerprint density at radius 3 is 2.75 bits per heavy atom. The van der Waals surface area contributed by atoms with E-state index < -0.39 is 0 Å². The second-order valence-corrected chi connectivity index (χ2v) is 4.80. The van der Waals surface area contributed by atoms with Gasteiger partial charge in [-0.3, -0.25) is 9.69 Å². The van der Waals surface area contributed by atoms with Gasteiger partial charge in [-0.2, -0.15) is 0 Å². The first-order valence-corrected chi connectivity index (χ1v) is 6.54. The maximum absolute atomic E-state index is 11.9. The van der Waals surface area contributed by atoms with Gasteiger partial charge in [0.05, 0.1) is 6.54 Å². The number of hydrogen-bond donors (Lipinski definition) is 1. The Kier molecular flexibility index (Phi) is 4.18. The highest BCUT2D eigenvalue weighted by Gasteiger charge is 2.26. The minimum Gasteiger partial charge on any atom is -0.341 e. The lowest BCUT2D eigenvalue weighted by atomic mass is 10.1. The molecule has 0 aromatic carbocycles. The van der Waals surface area contributed by atoms with Crippen LogP contribution in [0.15, 0.2) is 0 Å². The first-order chi connectivity index (χ1) is 7.81. The minimum absolute atomic E-state index is 0.318. The number of carbonyl (C=O) groups excluding carboxylic acids is 1. The maximum atomic E-state index is 11.9. The van der Waals surface area contributed by atoms with Crippen molar-refractivity contribution in [2.45, 2.75) is 32.2 Å². The monoisotopic (exact) mass is 225 g/mol. The molecule has 2 aliphatic heterocycles. The van der Waals surface area contributed by atoms with Gasteiger partial charge in [-0.15, -0.1) is 0 Å².